The molecule has 2 aromatic rings. The van der Waals surface area contributed by atoms with Crippen LogP contribution < -0.4 is 14.8 Å². The molecular weight excluding hydrogens is 392 g/mol. The third kappa shape index (κ3) is 5.27. The van der Waals surface area contributed by atoms with E-state index in [0.717, 1.165) is 4.90 Å². The number of carbonyl (C=O) groups is 2. The van der Waals surface area contributed by atoms with Gasteiger partial charge in [-0.25, -0.2) is 4.98 Å². The van der Waals surface area contributed by atoms with Gasteiger partial charge in [0.15, 0.2) is 22.8 Å². The minimum Gasteiger partial charge on any atom is -0.486 e. The molecule has 0 spiro atoms. The van der Waals surface area contributed by atoms with Gasteiger partial charge in [-0.3, -0.25) is 9.59 Å². The molecule has 2 heterocycles. The van der Waals surface area contributed by atoms with Crippen LogP contribution in [0, 0.1) is 0 Å². The SMILES string of the molecule is C[C@H](OC(=O)CSc1ccc2c(c1)OCCO2)C(=O)Nc1cccnc1Cl. The lowest BCUT2D eigenvalue weighted by atomic mass is 10.3. The van der Waals surface area contributed by atoms with Gasteiger partial charge in [-0.2, -0.15) is 0 Å². The van der Waals surface area contributed by atoms with Crippen LogP contribution in [0.4, 0.5) is 5.69 Å². The van der Waals surface area contributed by atoms with Gasteiger partial charge in [-0.05, 0) is 37.3 Å². The molecular formula is C18H17ClN2O5S. The predicted octanol–water partition coefficient (Wildman–Crippen LogP) is 3.17. The van der Waals surface area contributed by atoms with Crippen LogP contribution >= 0.6 is 23.4 Å². The minimum atomic E-state index is -0.963. The van der Waals surface area contributed by atoms with Gasteiger partial charge in [0.05, 0.1) is 11.4 Å². The maximum absolute atomic E-state index is 12.1. The molecule has 0 radical (unpaired) electrons. The first kappa shape index (κ1) is 19.3. The smallest absolute Gasteiger partial charge is 0.317 e. The normalized spacial score (nSPS) is 13.6. The average molecular weight is 409 g/mol. The summed E-state index contributed by atoms with van der Waals surface area (Å²) in [5, 5.41) is 2.74. The van der Waals surface area contributed by atoms with E-state index in [1.54, 1.807) is 18.2 Å². The number of nitrogens with zero attached hydrogens (tertiary/aromatic N) is 1. The highest BCUT2D eigenvalue weighted by Crippen LogP contribution is 2.34. The zero-order valence-corrected chi connectivity index (χ0v) is 16.0. The van der Waals surface area contributed by atoms with Gasteiger partial charge in [-0.1, -0.05) is 11.6 Å². The van der Waals surface area contributed by atoms with Crippen molar-refractivity contribution in [2.45, 2.75) is 17.9 Å². The number of rotatable bonds is 6. The summed E-state index contributed by atoms with van der Waals surface area (Å²) in [5.74, 6) is 0.413. The Morgan fingerprint density at radius 1 is 1.30 bits per heavy atom. The van der Waals surface area contributed by atoms with Gasteiger partial charge in [-0.15, -0.1) is 11.8 Å². The lowest BCUT2D eigenvalue weighted by molar-refractivity contribution is -0.150. The topological polar surface area (TPSA) is 86.8 Å². The van der Waals surface area contributed by atoms with Crippen LogP contribution in [0.3, 0.4) is 0 Å². The molecule has 0 saturated carbocycles. The van der Waals surface area contributed by atoms with Crippen molar-refractivity contribution < 1.29 is 23.8 Å². The molecule has 1 aliphatic rings. The van der Waals surface area contributed by atoms with E-state index in [2.05, 4.69) is 10.3 Å². The fourth-order valence-electron chi connectivity index (χ4n) is 2.25. The molecule has 0 unspecified atom stereocenters. The average Bonchev–Trinajstić information content (AvgIpc) is 2.68. The molecule has 3 rings (SSSR count). The molecule has 1 aromatic heterocycles. The number of hydrogen-bond acceptors (Lipinski definition) is 7. The second-order valence-corrected chi connectivity index (χ2v) is 6.96. The summed E-state index contributed by atoms with van der Waals surface area (Å²) in [6.45, 7) is 2.51. The van der Waals surface area contributed by atoms with Crippen LogP contribution in [-0.4, -0.2) is 41.9 Å². The summed E-state index contributed by atoms with van der Waals surface area (Å²) in [6.07, 6.45) is 0.547. The first-order chi connectivity index (χ1) is 13.0. The molecule has 1 N–H and O–H groups in total. The lowest BCUT2D eigenvalue weighted by Gasteiger charge is -2.18. The maximum atomic E-state index is 12.1. The Morgan fingerprint density at radius 3 is 2.85 bits per heavy atom. The van der Waals surface area contributed by atoms with Crippen molar-refractivity contribution in [2.75, 3.05) is 24.3 Å². The molecule has 0 bridgehead atoms. The molecule has 9 heteroatoms. The molecule has 0 saturated heterocycles. The number of hydrogen-bond donors (Lipinski definition) is 1. The Labute approximate surface area is 165 Å². The van der Waals surface area contributed by atoms with Crippen molar-refractivity contribution in [3.8, 4) is 11.5 Å². The van der Waals surface area contributed by atoms with E-state index in [-0.39, 0.29) is 10.9 Å². The zero-order valence-electron chi connectivity index (χ0n) is 14.4. The fourth-order valence-corrected chi connectivity index (χ4v) is 3.13. The van der Waals surface area contributed by atoms with E-state index >= 15 is 0 Å². The van der Waals surface area contributed by atoms with Crippen molar-refractivity contribution in [3.05, 3.63) is 41.7 Å². The van der Waals surface area contributed by atoms with Crippen LogP contribution in [0.1, 0.15) is 6.92 Å². The van der Waals surface area contributed by atoms with Gasteiger partial charge in [0, 0.05) is 11.1 Å². The maximum Gasteiger partial charge on any atom is 0.317 e. The molecule has 0 fully saturated rings. The molecule has 1 amide bonds. The largest absolute Gasteiger partial charge is 0.486 e. The number of esters is 1. The molecule has 27 heavy (non-hydrogen) atoms. The Bertz CT molecular complexity index is 848. The standard InChI is InChI=1S/C18H17ClN2O5S/c1-11(18(23)21-13-3-2-6-20-17(13)19)26-16(22)10-27-12-4-5-14-15(9-12)25-8-7-24-14/h2-6,9,11H,7-8,10H2,1H3,(H,21,23)/t11-/m0/s1. The number of carbonyl (C=O) groups excluding carboxylic acids is 2. The van der Waals surface area contributed by atoms with E-state index in [1.165, 1.54) is 24.9 Å². The number of nitrogens with one attached hydrogen (secondary N) is 1. The zero-order chi connectivity index (χ0) is 19.2. The highest BCUT2D eigenvalue weighted by molar-refractivity contribution is 8.00. The minimum absolute atomic E-state index is 0.0604. The summed E-state index contributed by atoms with van der Waals surface area (Å²) in [5.41, 5.74) is 0.359. The van der Waals surface area contributed by atoms with Crippen LogP contribution in [0.25, 0.3) is 0 Å². The van der Waals surface area contributed by atoms with E-state index in [4.69, 9.17) is 25.8 Å². The van der Waals surface area contributed by atoms with Gasteiger partial charge < -0.3 is 19.5 Å². The molecule has 1 atom stereocenters. The summed E-state index contributed by atoms with van der Waals surface area (Å²) < 4.78 is 16.1. The van der Waals surface area contributed by atoms with Gasteiger partial charge >= 0.3 is 5.97 Å². The van der Waals surface area contributed by atoms with Gasteiger partial charge in [0.2, 0.25) is 0 Å². The third-order valence-corrected chi connectivity index (χ3v) is 4.83. The predicted molar refractivity (Wildman–Crippen MR) is 102 cm³/mol. The Morgan fingerprint density at radius 2 is 2.07 bits per heavy atom. The number of halogens is 1. The highest BCUT2D eigenvalue weighted by Gasteiger charge is 2.19. The molecule has 142 valence electrons. The number of anilines is 1. The third-order valence-electron chi connectivity index (χ3n) is 3.56. The van der Waals surface area contributed by atoms with Crippen LogP contribution in [-0.2, 0) is 14.3 Å². The number of ether oxygens (including phenoxy) is 3. The fraction of sp³-hybridized carbons (Fsp3) is 0.278. The van der Waals surface area contributed by atoms with Crippen molar-refractivity contribution in [1.82, 2.24) is 4.98 Å². The molecule has 1 aromatic carbocycles. The Hall–Kier alpha value is -2.45. The van der Waals surface area contributed by atoms with Crippen molar-refractivity contribution in [3.63, 3.8) is 0 Å². The lowest BCUT2D eigenvalue weighted by Crippen LogP contribution is -2.30. The molecule has 0 aliphatic carbocycles. The number of pyridine rings is 1. The molecule has 1 aliphatic heterocycles. The second-order valence-electron chi connectivity index (χ2n) is 5.56. The Balaban J connectivity index is 1.48. The van der Waals surface area contributed by atoms with Crippen LogP contribution in [0.5, 0.6) is 11.5 Å². The summed E-state index contributed by atoms with van der Waals surface area (Å²) in [7, 11) is 0. The number of aromatic nitrogens is 1. The van der Waals surface area contributed by atoms with Gasteiger partial charge in [0.25, 0.3) is 5.91 Å². The van der Waals surface area contributed by atoms with Gasteiger partial charge in [0.1, 0.15) is 13.2 Å². The van der Waals surface area contributed by atoms with Crippen molar-refractivity contribution in [1.29, 1.82) is 0 Å². The monoisotopic (exact) mass is 408 g/mol. The van der Waals surface area contributed by atoms with Crippen LogP contribution in [0.2, 0.25) is 5.15 Å². The van der Waals surface area contributed by atoms with E-state index in [0.29, 0.717) is 30.4 Å². The first-order valence-electron chi connectivity index (χ1n) is 8.16. The Kier molecular flexibility index (Phi) is 6.41. The quantitative estimate of drug-likeness (QED) is 0.446. The van der Waals surface area contributed by atoms with Crippen molar-refractivity contribution in [2.24, 2.45) is 0 Å². The summed E-state index contributed by atoms with van der Waals surface area (Å²) in [6, 6.07) is 8.70. The van der Waals surface area contributed by atoms with E-state index in [1.807, 2.05) is 12.1 Å². The first-order valence-corrected chi connectivity index (χ1v) is 9.52. The van der Waals surface area contributed by atoms with Crippen LogP contribution in [0.15, 0.2) is 41.4 Å². The number of amides is 1. The van der Waals surface area contributed by atoms with E-state index < -0.39 is 18.0 Å². The number of benzene rings is 1. The summed E-state index contributed by atoms with van der Waals surface area (Å²) in [4.78, 5) is 28.9. The highest BCUT2D eigenvalue weighted by atomic mass is 35.5. The summed E-state index contributed by atoms with van der Waals surface area (Å²) >= 11 is 7.18. The van der Waals surface area contributed by atoms with E-state index in [9.17, 15) is 9.59 Å². The number of fused-ring (bicyclic) bond motifs is 1. The molecule has 7 nitrogen and oxygen atoms in total. The van der Waals surface area contributed by atoms with Crippen molar-refractivity contribution >= 4 is 40.9 Å². The number of thioether (sulfide) groups is 1. The second kappa shape index (κ2) is 8.96.